The van der Waals surface area contributed by atoms with Gasteiger partial charge in [0.25, 0.3) is 5.09 Å². The van der Waals surface area contributed by atoms with Crippen molar-refractivity contribution >= 4 is 12.4 Å². The fraction of sp³-hybridized carbons (Fsp3) is 0.526. The van der Waals surface area contributed by atoms with Crippen LogP contribution in [0.5, 0.6) is 5.75 Å². The summed E-state index contributed by atoms with van der Waals surface area (Å²) in [6.07, 6.45) is 17.7. The van der Waals surface area contributed by atoms with Crippen molar-refractivity contribution in [3.63, 3.8) is 0 Å². The molecule has 2 atom stereocenters. The monoisotopic (exact) mass is 692 g/mol. The van der Waals surface area contributed by atoms with Gasteiger partial charge in [0.05, 0.1) is 7.18 Å². The topological polar surface area (TPSA) is 117 Å². The van der Waals surface area contributed by atoms with Crippen molar-refractivity contribution in [2.45, 2.75) is 111 Å². The Labute approximate surface area is 292 Å². The largest absolute Gasteiger partial charge is 0.490 e. The Bertz CT molecular complexity index is 1140. The number of esters is 1. The molecule has 3 rings (SSSR count). The van der Waals surface area contributed by atoms with Crippen LogP contribution in [0.3, 0.4) is 0 Å². The number of nitrogens with one attached hydrogen (secondary N) is 1. The highest BCUT2D eigenvalue weighted by Crippen LogP contribution is 2.26. The molecule has 0 aliphatic heterocycles. The summed E-state index contributed by atoms with van der Waals surface area (Å²) in [4.78, 5) is 36.2. The van der Waals surface area contributed by atoms with Gasteiger partial charge in [-0.3, -0.25) is 9.18 Å². The highest BCUT2D eigenvalue weighted by Gasteiger charge is 2.14. The average molecular weight is 693 g/mol. The Kier molecular flexibility index (Phi) is 32.1. The second-order valence-corrected chi connectivity index (χ2v) is 10.5. The SMILES string of the molecule is CC.CC(NC=O)C(=O)OCc1ccccc1CO[N+](=O)[O-].CC/C=C\CCCC.CF.FC(/C=C/C1CCCC1)COc1ccccc1. The van der Waals surface area contributed by atoms with Gasteiger partial charge in [-0.15, -0.1) is 10.1 Å². The van der Waals surface area contributed by atoms with E-state index in [4.69, 9.17) is 9.47 Å². The maximum absolute atomic E-state index is 13.5. The van der Waals surface area contributed by atoms with E-state index in [0.29, 0.717) is 30.6 Å². The summed E-state index contributed by atoms with van der Waals surface area (Å²) in [5, 5.41) is 11.5. The maximum Gasteiger partial charge on any atom is 0.328 e. The number of halogens is 2. The lowest BCUT2D eigenvalue weighted by molar-refractivity contribution is -0.763. The van der Waals surface area contributed by atoms with Crippen molar-refractivity contribution in [1.29, 1.82) is 0 Å². The molecule has 1 saturated carbocycles. The third-order valence-electron chi connectivity index (χ3n) is 6.76. The summed E-state index contributed by atoms with van der Waals surface area (Å²) in [5.41, 5.74) is 1.15. The Balaban J connectivity index is 0. The summed E-state index contributed by atoms with van der Waals surface area (Å²) in [6, 6.07) is 15.3. The first kappa shape index (κ1) is 46.8. The van der Waals surface area contributed by atoms with Crippen LogP contribution in [-0.4, -0.2) is 43.5 Å². The quantitative estimate of drug-likeness (QED) is 0.0438. The fourth-order valence-corrected chi connectivity index (χ4v) is 4.19. The number of allylic oxidation sites excluding steroid dienone is 3. The van der Waals surface area contributed by atoms with Crippen LogP contribution in [0.15, 0.2) is 78.9 Å². The van der Waals surface area contributed by atoms with Crippen LogP contribution in [0.1, 0.15) is 97.1 Å². The van der Waals surface area contributed by atoms with E-state index in [9.17, 15) is 28.5 Å². The van der Waals surface area contributed by atoms with Crippen LogP contribution in [0.2, 0.25) is 0 Å². The lowest BCUT2D eigenvalue weighted by atomic mass is 10.1. The van der Waals surface area contributed by atoms with Crippen LogP contribution in [0, 0.1) is 16.0 Å². The van der Waals surface area contributed by atoms with Gasteiger partial charge in [0.15, 0.2) is 6.17 Å². The van der Waals surface area contributed by atoms with E-state index in [-0.39, 0.29) is 19.8 Å². The molecular formula is C38H58F2N2O7. The molecule has 1 aliphatic carbocycles. The minimum Gasteiger partial charge on any atom is -0.490 e. The molecule has 1 fully saturated rings. The minimum absolute atomic E-state index is 0.0546. The van der Waals surface area contributed by atoms with E-state index in [1.807, 2.05) is 50.3 Å². The van der Waals surface area contributed by atoms with Gasteiger partial charge in [-0.25, -0.2) is 9.18 Å². The van der Waals surface area contributed by atoms with Crippen molar-refractivity contribution in [2.24, 2.45) is 5.92 Å². The van der Waals surface area contributed by atoms with Gasteiger partial charge in [0, 0.05) is 0 Å². The van der Waals surface area contributed by atoms with Crippen molar-refractivity contribution in [2.75, 3.05) is 13.8 Å². The molecule has 1 amide bonds. The number of rotatable bonds is 17. The molecule has 9 nitrogen and oxygen atoms in total. The molecule has 0 bridgehead atoms. The first-order valence-corrected chi connectivity index (χ1v) is 17.0. The fourth-order valence-electron chi connectivity index (χ4n) is 4.19. The lowest BCUT2D eigenvalue weighted by Crippen LogP contribution is -2.34. The van der Waals surface area contributed by atoms with Crippen LogP contribution >= 0.6 is 0 Å². The van der Waals surface area contributed by atoms with E-state index in [1.54, 1.807) is 30.3 Å². The molecule has 1 N–H and O–H groups in total. The van der Waals surface area contributed by atoms with Crippen LogP contribution in [-0.2, 0) is 32.4 Å². The zero-order valence-corrected chi connectivity index (χ0v) is 30.2. The van der Waals surface area contributed by atoms with E-state index in [2.05, 4.69) is 36.2 Å². The summed E-state index contributed by atoms with van der Waals surface area (Å²) in [7, 11) is 0.500. The maximum atomic E-state index is 13.5. The van der Waals surface area contributed by atoms with E-state index in [0.717, 1.165) is 5.75 Å². The summed E-state index contributed by atoms with van der Waals surface area (Å²) in [6.45, 7) is 9.71. The first-order valence-electron chi connectivity index (χ1n) is 17.0. The third kappa shape index (κ3) is 26.4. The Morgan fingerprint density at radius 3 is 2.14 bits per heavy atom. The smallest absolute Gasteiger partial charge is 0.328 e. The molecule has 0 aromatic heterocycles. The number of ether oxygens (including phenoxy) is 2. The molecular weight excluding hydrogens is 634 g/mol. The number of amides is 1. The number of carbonyl (C=O) groups excluding carboxylic acids is 2. The van der Waals surface area contributed by atoms with Crippen molar-refractivity contribution < 1.29 is 37.8 Å². The van der Waals surface area contributed by atoms with Gasteiger partial charge < -0.3 is 19.6 Å². The van der Waals surface area contributed by atoms with E-state index >= 15 is 0 Å². The molecule has 2 unspecified atom stereocenters. The van der Waals surface area contributed by atoms with Crippen molar-refractivity contribution in [3.8, 4) is 5.75 Å². The van der Waals surface area contributed by atoms with Crippen molar-refractivity contribution in [1.82, 2.24) is 5.32 Å². The van der Waals surface area contributed by atoms with Crippen LogP contribution < -0.4 is 10.1 Å². The zero-order chi connectivity index (χ0) is 37.1. The zero-order valence-electron chi connectivity index (χ0n) is 30.2. The number of carbonyl (C=O) groups is 2. The average Bonchev–Trinajstić information content (AvgIpc) is 3.67. The number of hydrogen-bond acceptors (Lipinski definition) is 7. The summed E-state index contributed by atoms with van der Waals surface area (Å²) in [5.74, 6) is 0.719. The highest BCUT2D eigenvalue weighted by molar-refractivity contribution is 5.77. The number of benzene rings is 2. The van der Waals surface area contributed by atoms with E-state index < -0.39 is 23.3 Å². The van der Waals surface area contributed by atoms with E-state index in [1.165, 1.54) is 58.3 Å². The van der Waals surface area contributed by atoms with Crippen LogP contribution in [0.4, 0.5) is 8.78 Å². The molecule has 11 heteroatoms. The molecule has 49 heavy (non-hydrogen) atoms. The number of hydrogen-bond donors (Lipinski definition) is 1. The van der Waals surface area contributed by atoms with Crippen LogP contribution in [0.25, 0.3) is 0 Å². The molecule has 1 aliphatic rings. The number of unbranched alkanes of at least 4 members (excludes halogenated alkanes) is 2. The molecule has 0 spiro atoms. The van der Waals surface area contributed by atoms with Gasteiger partial charge in [-0.1, -0.05) is 120 Å². The van der Waals surface area contributed by atoms with Gasteiger partial charge in [-0.05, 0) is 61.8 Å². The number of alkyl halides is 2. The molecule has 276 valence electrons. The molecule has 2 aromatic carbocycles. The van der Waals surface area contributed by atoms with Gasteiger partial charge >= 0.3 is 5.97 Å². The number of nitrogens with zero attached hydrogens (tertiary/aromatic N) is 1. The second kappa shape index (κ2) is 33.6. The highest BCUT2D eigenvalue weighted by atomic mass is 19.1. The van der Waals surface area contributed by atoms with Gasteiger partial charge in [0.2, 0.25) is 6.41 Å². The summed E-state index contributed by atoms with van der Waals surface area (Å²) >= 11 is 0. The Morgan fingerprint density at radius 1 is 1.00 bits per heavy atom. The number of para-hydroxylation sites is 1. The predicted molar refractivity (Wildman–Crippen MR) is 192 cm³/mol. The molecule has 2 aromatic rings. The lowest BCUT2D eigenvalue weighted by Gasteiger charge is -2.12. The van der Waals surface area contributed by atoms with Gasteiger partial charge in [0.1, 0.15) is 31.6 Å². The Hall–Kier alpha value is -4.28. The second-order valence-electron chi connectivity index (χ2n) is 10.5. The van der Waals surface area contributed by atoms with Crippen molar-refractivity contribution in [3.05, 3.63) is 100 Å². The Morgan fingerprint density at radius 2 is 1.59 bits per heavy atom. The molecule has 0 radical (unpaired) electrons. The summed E-state index contributed by atoms with van der Waals surface area (Å²) < 4.78 is 33.4. The standard InChI is InChI=1S/C15H19FO.C12H14N2O6.C8H16.C2H6.CH3F/c16-14(11-10-13-6-4-5-7-13)12-17-15-8-2-1-3-9-15;1-9(13-8-15)12(16)19-6-10-4-2-3-5-11(10)7-20-14(17)18;1-3-5-7-8-6-4-2;2*1-2/h1-3,8-11,13-14H,4-7,12H2;2-5,8-9H,6-7H2,1H3,(H,13,15);5,7H,3-4,6,8H2,1-2H3;1-2H3;1H3/b11-10+;;7-5-;;. The minimum atomic E-state index is -1.00. The molecule has 0 heterocycles. The predicted octanol–water partition coefficient (Wildman–Crippen LogP) is 9.48. The first-order chi connectivity index (χ1) is 23.8. The normalized spacial score (nSPS) is 13.1. The van der Waals surface area contributed by atoms with Gasteiger partial charge in [-0.2, -0.15) is 0 Å². The molecule has 0 saturated heterocycles. The third-order valence-corrected chi connectivity index (χ3v) is 6.76.